The highest BCUT2D eigenvalue weighted by Gasteiger charge is 2.13. The van der Waals surface area contributed by atoms with Crippen LogP contribution in [0.4, 0.5) is 0 Å². The lowest BCUT2D eigenvalue weighted by Crippen LogP contribution is -2.02. The molecule has 0 heterocycles. The second-order valence-corrected chi connectivity index (χ2v) is 6.42. The Balaban J connectivity index is 2.07. The number of benzene rings is 3. The highest BCUT2D eigenvalue weighted by Crippen LogP contribution is 2.26. The van der Waals surface area contributed by atoms with Crippen molar-refractivity contribution in [3.8, 4) is 0 Å². The number of ketones is 1. The minimum atomic E-state index is -0.110. The molecule has 0 amide bonds. The minimum absolute atomic E-state index is 0.110. The molecule has 0 aliphatic carbocycles. The van der Waals surface area contributed by atoms with E-state index in [-0.39, 0.29) is 5.78 Å². The molecule has 1 nitrogen and oxygen atoms in total. The summed E-state index contributed by atoms with van der Waals surface area (Å²) in [5, 5.41) is 2.96. The van der Waals surface area contributed by atoms with E-state index in [1.165, 1.54) is 0 Å². The zero-order valence-electron chi connectivity index (χ0n) is 10.7. The molecule has 0 radical (unpaired) electrons. The Morgan fingerprint density at radius 1 is 0.857 bits per heavy atom. The van der Waals surface area contributed by atoms with Gasteiger partial charge in [0, 0.05) is 20.6 Å². The predicted molar refractivity (Wildman–Crippen MR) is 91.5 cm³/mol. The van der Waals surface area contributed by atoms with Crippen LogP contribution in [0.1, 0.15) is 15.9 Å². The summed E-state index contributed by atoms with van der Waals surface area (Å²) in [7, 11) is 0. The van der Waals surface area contributed by atoms with E-state index in [4.69, 9.17) is 23.2 Å². The summed E-state index contributed by atoms with van der Waals surface area (Å²) < 4.78 is 1.01. The average Bonchev–Trinajstić information content (AvgIpc) is 2.46. The molecule has 21 heavy (non-hydrogen) atoms. The normalized spacial score (nSPS) is 10.8. The smallest absolute Gasteiger partial charge is 0.194 e. The first-order chi connectivity index (χ1) is 10.0. The van der Waals surface area contributed by atoms with Crippen LogP contribution in [-0.2, 0) is 0 Å². The molecule has 4 heteroatoms. The van der Waals surface area contributed by atoms with Crippen LogP contribution >= 0.6 is 39.1 Å². The number of carbonyl (C=O) groups excluding carboxylic acids is 1. The van der Waals surface area contributed by atoms with E-state index in [0.717, 1.165) is 15.2 Å². The number of rotatable bonds is 2. The predicted octanol–water partition coefficient (Wildman–Crippen LogP) is 6.14. The fourth-order valence-electron chi connectivity index (χ4n) is 2.19. The average molecular weight is 380 g/mol. The summed E-state index contributed by atoms with van der Waals surface area (Å²) in [4.78, 5) is 12.6. The maximum Gasteiger partial charge on any atom is 0.194 e. The molecule has 0 spiro atoms. The van der Waals surface area contributed by atoms with E-state index in [0.29, 0.717) is 21.2 Å². The van der Waals surface area contributed by atoms with E-state index in [2.05, 4.69) is 15.9 Å². The molecular formula is C17H9BrCl2O. The van der Waals surface area contributed by atoms with E-state index in [9.17, 15) is 4.79 Å². The molecule has 104 valence electrons. The molecule has 0 aliphatic heterocycles. The van der Waals surface area contributed by atoms with Crippen molar-refractivity contribution in [2.24, 2.45) is 0 Å². The minimum Gasteiger partial charge on any atom is -0.289 e. The molecule has 0 aliphatic rings. The Morgan fingerprint density at radius 3 is 2.33 bits per heavy atom. The van der Waals surface area contributed by atoms with E-state index >= 15 is 0 Å². The third-order valence-corrected chi connectivity index (χ3v) is 4.28. The van der Waals surface area contributed by atoms with Gasteiger partial charge in [-0.05, 0) is 47.2 Å². The van der Waals surface area contributed by atoms with Crippen LogP contribution in [0.15, 0.2) is 59.1 Å². The molecule has 0 fully saturated rings. The van der Waals surface area contributed by atoms with Crippen molar-refractivity contribution in [2.75, 3.05) is 0 Å². The third kappa shape index (κ3) is 2.98. The summed E-state index contributed by atoms with van der Waals surface area (Å²) in [5.41, 5.74) is 1.06. The summed E-state index contributed by atoms with van der Waals surface area (Å²) in [6, 6.07) is 16.4. The first-order valence-electron chi connectivity index (χ1n) is 6.24. The lowest BCUT2D eigenvalue weighted by atomic mass is 10.00. The Labute approximate surface area is 140 Å². The van der Waals surface area contributed by atoms with Gasteiger partial charge in [0.15, 0.2) is 5.78 Å². The molecule has 0 unspecified atom stereocenters. The van der Waals surface area contributed by atoms with Gasteiger partial charge in [-0.15, -0.1) is 0 Å². The molecule has 3 rings (SSSR count). The first-order valence-corrected chi connectivity index (χ1v) is 7.78. The van der Waals surface area contributed by atoms with Gasteiger partial charge in [-0.25, -0.2) is 0 Å². The van der Waals surface area contributed by atoms with Crippen LogP contribution in [0.25, 0.3) is 10.8 Å². The van der Waals surface area contributed by atoms with Gasteiger partial charge in [-0.1, -0.05) is 57.3 Å². The van der Waals surface area contributed by atoms with Crippen LogP contribution in [0.5, 0.6) is 0 Å². The van der Waals surface area contributed by atoms with Crippen LogP contribution in [-0.4, -0.2) is 5.78 Å². The second kappa shape index (κ2) is 5.80. The topological polar surface area (TPSA) is 17.1 Å². The SMILES string of the molecule is O=C(c1ccc2cc(Br)ccc2c1)c1ccc(Cl)cc1Cl. The zero-order chi connectivity index (χ0) is 15.0. The van der Waals surface area contributed by atoms with E-state index in [1.54, 1.807) is 18.2 Å². The number of fused-ring (bicyclic) bond motifs is 1. The van der Waals surface area contributed by atoms with Gasteiger partial charge >= 0.3 is 0 Å². The molecule has 3 aromatic rings. The Morgan fingerprint density at radius 2 is 1.57 bits per heavy atom. The number of hydrogen-bond acceptors (Lipinski definition) is 1. The lowest BCUT2D eigenvalue weighted by molar-refractivity contribution is 0.103. The fraction of sp³-hybridized carbons (Fsp3) is 0. The maximum atomic E-state index is 12.6. The summed E-state index contributed by atoms with van der Waals surface area (Å²) >= 11 is 15.4. The van der Waals surface area contributed by atoms with Crippen LogP contribution in [0.3, 0.4) is 0 Å². The molecule has 0 saturated carbocycles. The standard InChI is InChI=1S/C17H9BrCl2O/c18-13-4-3-10-7-12(2-1-11(10)8-13)17(21)15-6-5-14(19)9-16(15)20/h1-9H. The van der Waals surface area contributed by atoms with Gasteiger partial charge in [-0.3, -0.25) is 4.79 Å². The van der Waals surface area contributed by atoms with Crippen molar-refractivity contribution in [3.63, 3.8) is 0 Å². The number of halogens is 3. The number of carbonyl (C=O) groups is 1. The van der Waals surface area contributed by atoms with E-state index in [1.807, 2.05) is 36.4 Å². The van der Waals surface area contributed by atoms with Crippen molar-refractivity contribution in [2.45, 2.75) is 0 Å². The van der Waals surface area contributed by atoms with Crippen LogP contribution in [0.2, 0.25) is 10.0 Å². The van der Waals surface area contributed by atoms with Crippen molar-refractivity contribution in [3.05, 3.63) is 80.2 Å². The fourth-order valence-corrected chi connectivity index (χ4v) is 3.06. The molecule has 0 atom stereocenters. The highest BCUT2D eigenvalue weighted by molar-refractivity contribution is 9.10. The van der Waals surface area contributed by atoms with Gasteiger partial charge in [0.05, 0.1) is 5.02 Å². The summed E-state index contributed by atoms with van der Waals surface area (Å²) in [6.45, 7) is 0. The third-order valence-electron chi connectivity index (χ3n) is 3.24. The monoisotopic (exact) mass is 378 g/mol. The van der Waals surface area contributed by atoms with Crippen molar-refractivity contribution < 1.29 is 4.79 Å². The van der Waals surface area contributed by atoms with Gasteiger partial charge in [-0.2, -0.15) is 0 Å². The van der Waals surface area contributed by atoms with Crippen LogP contribution < -0.4 is 0 Å². The van der Waals surface area contributed by atoms with Crippen molar-refractivity contribution in [1.29, 1.82) is 0 Å². The molecule has 0 bridgehead atoms. The van der Waals surface area contributed by atoms with E-state index < -0.39 is 0 Å². The maximum absolute atomic E-state index is 12.6. The second-order valence-electron chi connectivity index (χ2n) is 4.66. The van der Waals surface area contributed by atoms with Crippen molar-refractivity contribution >= 4 is 55.7 Å². The quantitative estimate of drug-likeness (QED) is 0.488. The Bertz CT molecular complexity index is 859. The van der Waals surface area contributed by atoms with Crippen LogP contribution in [0, 0.1) is 0 Å². The van der Waals surface area contributed by atoms with Crippen molar-refractivity contribution in [1.82, 2.24) is 0 Å². The zero-order valence-corrected chi connectivity index (χ0v) is 13.8. The summed E-state index contributed by atoms with van der Waals surface area (Å²) in [5.74, 6) is -0.110. The largest absolute Gasteiger partial charge is 0.289 e. The Kier molecular flexibility index (Phi) is 4.03. The highest BCUT2D eigenvalue weighted by atomic mass is 79.9. The van der Waals surface area contributed by atoms with Gasteiger partial charge < -0.3 is 0 Å². The van der Waals surface area contributed by atoms with Gasteiger partial charge in [0.25, 0.3) is 0 Å². The molecule has 3 aromatic carbocycles. The first kappa shape index (κ1) is 14.6. The Hall–Kier alpha value is -1.35. The molecule has 0 N–H and O–H groups in total. The summed E-state index contributed by atoms with van der Waals surface area (Å²) in [6.07, 6.45) is 0. The molecule has 0 saturated heterocycles. The molecular weight excluding hydrogens is 371 g/mol. The number of hydrogen-bond donors (Lipinski definition) is 0. The van der Waals surface area contributed by atoms with Gasteiger partial charge in [0.2, 0.25) is 0 Å². The molecule has 0 aromatic heterocycles. The lowest BCUT2D eigenvalue weighted by Gasteiger charge is -2.06. The van der Waals surface area contributed by atoms with Gasteiger partial charge in [0.1, 0.15) is 0 Å².